The van der Waals surface area contributed by atoms with Gasteiger partial charge in [0.1, 0.15) is 11.6 Å². The van der Waals surface area contributed by atoms with Crippen LogP contribution in [0.4, 0.5) is 15.9 Å². The Morgan fingerprint density at radius 3 is 3.10 bits per heavy atom. The zero-order valence-electron chi connectivity index (χ0n) is 10.2. The van der Waals surface area contributed by atoms with E-state index in [-0.39, 0.29) is 5.02 Å². The molecule has 0 bridgehead atoms. The maximum Gasteiger partial charge on any atom is 0.141 e. The van der Waals surface area contributed by atoms with Gasteiger partial charge in [0.25, 0.3) is 0 Å². The third-order valence-electron chi connectivity index (χ3n) is 3.39. The SMILES string of the molecule is Fc1ccc(Nc2[nH]nc3c2Cc2sccc2-3)cc1Cl. The fourth-order valence-electron chi connectivity index (χ4n) is 2.43. The van der Waals surface area contributed by atoms with Crippen LogP contribution in [-0.4, -0.2) is 10.2 Å². The molecule has 20 heavy (non-hydrogen) atoms. The lowest BCUT2D eigenvalue weighted by Crippen LogP contribution is -1.94. The molecule has 0 fully saturated rings. The Bertz CT molecular complexity index is 809. The number of benzene rings is 1. The Labute approximate surface area is 123 Å². The van der Waals surface area contributed by atoms with Crippen molar-refractivity contribution in [3.05, 3.63) is 50.9 Å². The lowest BCUT2D eigenvalue weighted by molar-refractivity contribution is 0.628. The summed E-state index contributed by atoms with van der Waals surface area (Å²) in [6.45, 7) is 0. The smallest absolute Gasteiger partial charge is 0.141 e. The van der Waals surface area contributed by atoms with Crippen LogP contribution >= 0.6 is 22.9 Å². The minimum atomic E-state index is -0.422. The van der Waals surface area contributed by atoms with Gasteiger partial charge in [-0.15, -0.1) is 11.3 Å². The normalized spacial score (nSPS) is 12.3. The average molecular weight is 306 g/mol. The number of nitrogens with one attached hydrogen (secondary N) is 2. The van der Waals surface area contributed by atoms with Crippen molar-refractivity contribution in [2.45, 2.75) is 6.42 Å². The second kappa shape index (κ2) is 4.33. The summed E-state index contributed by atoms with van der Waals surface area (Å²) >= 11 is 7.53. The van der Waals surface area contributed by atoms with E-state index in [1.54, 1.807) is 23.5 Å². The van der Waals surface area contributed by atoms with E-state index in [1.807, 2.05) is 0 Å². The zero-order valence-corrected chi connectivity index (χ0v) is 11.8. The van der Waals surface area contributed by atoms with E-state index in [9.17, 15) is 4.39 Å². The number of H-pyrrole nitrogens is 1. The van der Waals surface area contributed by atoms with E-state index in [2.05, 4.69) is 27.0 Å². The summed E-state index contributed by atoms with van der Waals surface area (Å²) in [5, 5.41) is 12.7. The lowest BCUT2D eigenvalue weighted by Gasteiger charge is -2.06. The van der Waals surface area contributed by atoms with Crippen LogP contribution in [0, 0.1) is 5.82 Å². The number of anilines is 2. The lowest BCUT2D eigenvalue weighted by atomic mass is 10.2. The molecule has 2 heterocycles. The van der Waals surface area contributed by atoms with E-state index >= 15 is 0 Å². The standard InChI is InChI=1S/C14H9ClFN3S/c15-10-5-7(1-2-11(10)16)17-14-9-6-12-8(3-4-20-12)13(9)18-19-14/h1-5H,6H2,(H2,17,18,19). The highest BCUT2D eigenvalue weighted by molar-refractivity contribution is 7.10. The second-order valence-corrected chi connectivity index (χ2v) is 6.02. The molecule has 3 nitrogen and oxygen atoms in total. The van der Waals surface area contributed by atoms with Crippen LogP contribution in [0.3, 0.4) is 0 Å². The molecule has 2 N–H and O–H groups in total. The minimum Gasteiger partial charge on any atom is -0.340 e. The maximum atomic E-state index is 13.2. The molecule has 0 radical (unpaired) electrons. The summed E-state index contributed by atoms with van der Waals surface area (Å²) < 4.78 is 13.2. The van der Waals surface area contributed by atoms with Crippen LogP contribution < -0.4 is 5.32 Å². The van der Waals surface area contributed by atoms with Gasteiger partial charge in [0.15, 0.2) is 0 Å². The summed E-state index contributed by atoms with van der Waals surface area (Å²) in [6.07, 6.45) is 0.871. The second-order valence-electron chi connectivity index (χ2n) is 4.61. The molecule has 3 aromatic rings. The van der Waals surface area contributed by atoms with Crippen molar-refractivity contribution in [3.8, 4) is 11.3 Å². The molecule has 1 aromatic carbocycles. The Balaban J connectivity index is 1.69. The van der Waals surface area contributed by atoms with Gasteiger partial charge in [-0.05, 0) is 29.6 Å². The predicted molar refractivity (Wildman–Crippen MR) is 79.4 cm³/mol. The van der Waals surface area contributed by atoms with E-state index in [0.717, 1.165) is 29.2 Å². The first-order chi connectivity index (χ1) is 9.72. The van der Waals surface area contributed by atoms with Gasteiger partial charge in [0.2, 0.25) is 0 Å². The van der Waals surface area contributed by atoms with E-state index < -0.39 is 5.82 Å². The number of fused-ring (bicyclic) bond motifs is 3. The third kappa shape index (κ3) is 1.74. The first-order valence-corrected chi connectivity index (χ1v) is 7.34. The molecule has 6 heteroatoms. The Kier molecular flexibility index (Phi) is 2.58. The van der Waals surface area contributed by atoms with Crippen LogP contribution in [-0.2, 0) is 6.42 Å². The first-order valence-electron chi connectivity index (χ1n) is 6.08. The van der Waals surface area contributed by atoms with Crippen LogP contribution in [0.25, 0.3) is 11.3 Å². The molecule has 0 atom stereocenters. The molecule has 0 saturated heterocycles. The molecule has 0 saturated carbocycles. The summed E-state index contributed by atoms with van der Waals surface area (Å²) in [5.74, 6) is 0.417. The molecule has 0 unspecified atom stereocenters. The van der Waals surface area contributed by atoms with Crippen LogP contribution in [0.5, 0.6) is 0 Å². The topological polar surface area (TPSA) is 40.7 Å². The van der Waals surface area contributed by atoms with Gasteiger partial charge in [0, 0.05) is 28.1 Å². The molecular formula is C14H9ClFN3S. The fraction of sp³-hybridized carbons (Fsp3) is 0.0714. The van der Waals surface area contributed by atoms with Crippen molar-refractivity contribution in [3.63, 3.8) is 0 Å². The molecule has 0 aliphatic heterocycles. The highest BCUT2D eigenvalue weighted by atomic mass is 35.5. The molecule has 100 valence electrons. The zero-order chi connectivity index (χ0) is 13.7. The number of aromatic amines is 1. The van der Waals surface area contributed by atoms with Crippen molar-refractivity contribution in [2.24, 2.45) is 0 Å². The molecule has 4 rings (SSSR count). The monoisotopic (exact) mass is 305 g/mol. The Morgan fingerprint density at radius 2 is 2.25 bits per heavy atom. The highest BCUT2D eigenvalue weighted by Gasteiger charge is 2.25. The average Bonchev–Trinajstić information content (AvgIpc) is 3.07. The van der Waals surface area contributed by atoms with Crippen molar-refractivity contribution in [1.82, 2.24) is 10.2 Å². The van der Waals surface area contributed by atoms with Gasteiger partial charge >= 0.3 is 0 Å². The predicted octanol–water partition coefficient (Wildman–Crippen LogP) is 4.58. The van der Waals surface area contributed by atoms with Crippen molar-refractivity contribution < 1.29 is 4.39 Å². The summed E-state index contributed by atoms with van der Waals surface area (Å²) in [7, 11) is 0. The van der Waals surface area contributed by atoms with Gasteiger partial charge in [-0.2, -0.15) is 5.10 Å². The maximum absolute atomic E-state index is 13.2. The molecule has 0 spiro atoms. The molecular weight excluding hydrogens is 297 g/mol. The summed E-state index contributed by atoms with van der Waals surface area (Å²) in [4.78, 5) is 1.33. The Hall–Kier alpha value is -1.85. The van der Waals surface area contributed by atoms with E-state index in [0.29, 0.717) is 0 Å². The number of hydrogen-bond donors (Lipinski definition) is 2. The van der Waals surface area contributed by atoms with Crippen LogP contribution in [0.15, 0.2) is 29.6 Å². The number of halogens is 2. The number of nitrogens with zero attached hydrogens (tertiary/aromatic N) is 1. The van der Waals surface area contributed by atoms with Gasteiger partial charge in [-0.25, -0.2) is 4.39 Å². The number of thiophene rings is 1. The fourth-order valence-corrected chi connectivity index (χ4v) is 3.50. The number of rotatable bonds is 2. The summed E-state index contributed by atoms with van der Waals surface area (Å²) in [6, 6.07) is 6.65. The molecule has 1 aliphatic rings. The van der Waals surface area contributed by atoms with Gasteiger partial charge < -0.3 is 5.32 Å². The molecule has 2 aromatic heterocycles. The third-order valence-corrected chi connectivity index (χ3v) is 4.60. The van der Waals surface area contributed by atoms with Crippen molar-refractivity contribution >= 4 is 34.4 Å². The first kappa shape index (κ1) is 11.9. The van der Waals surface area contributed by atoms with E-state index in [4.69, 9.17) is 11.6 Å². The van der Waals surface area contributed by atoms with Crippen molar-refractivity contribution in [2.75, 3.05) is 5.32 Å². The molecule has 1 aliphatic carbocycles. The van der Waals surface area contributed by atoms with Crippen LogP contribution in [0.1, 0.15) is 10.4 Å². The quantitative estimate of drug-likeness (QED) is 0.569. The molecule has 0 amide bonds. The van der Waals surface area contributed by atoms with E-state index in [1.165, 1.54) is 16.5 Å². The van der Waals surface area contributed by atoms with Gasteiger partial charge in [-0.3, -0.25) is 5.10 Å². The largest absolute Gasteiger partial charge is 0.340 e. The Morgan fingerprint density at radius 1 is 1.35 bits per heavy atom. The van der Waals surface area contributed by atoms with Crippen molar-refractivity contribution in [1.29, 1.82) is 0 Å². The summed E-state index contributed by atoms with van der Waals surface area (Å²) in [5.41, 5.74) is 4.08. The van der Waals surface area contributed by atoms with Gasteiger partial charge in [-0.1, -0.05) is 11.6 Å². The minimum absolute atomic E-state index is 0.102. The van der Waals surface area contributed by atoms with Gasteiger partial charge in [0.05, 0.1) is 10.7 Å². The van der Waals surface area contributed by atoms with Crippen LogP contribution in [0.2, 0.25) is 5.02 Å². The highest BCUT2D eigenvalue weighted by Crippen LogP contribution is 2.42. The number of hydrogen-bond acceptors (Lipinski definition) is 3. The number of aromatic nitrogens is 2.